The first-order valence-electron chi connectivity index (χ1n) is 7.15. The average Bonchev–Trinajstić information content (AvgIpc) is 2.79. The molecule has 1 atom stereocenters. The molecule has 1 rings (SSSR count). The van der Waals surface area contributed by atoms with Crippen molar-refractivity contribution in [3.63, 3.8) is 0 Å². The van der Waals surface area contributed by atoms with Crippen molar-refractivity contribution < 1.29 is 14.7 Å². The van der Waals surface area contributed by atoms with Crippen LogP contribution in [0.5, 0.6) is 0 Å². The van der Waals surface area contributed by atoms with Gasteiger partial charge in [-0.25, -0.2) is 4.79 Å². The molecule has 5 heteroatoms. The summed E-state index contributed by atoms with van der Waals surface area (Å²) in [6, 6.07) is -0.143. The largest absolute Gasteiger partial charge is 0.481 e. The Balaban J connectivity index is 2.12. The molecular weight excluding hydrogens is 244 g/mol. The smallest absolute Gasteiger partial charge is 0.314 e. The average molecular weight is 270 g/mol. The van der Waals surface area contributed by atoms with Crippen molar-refractivity contribution in [1.82, 2.24) is 10.6 Å². The predicted molar refractivity (Wildman–Crippen MR) is 74.0 cm³/mol. The fourth-order valence-electron chi connectivity index (χ4n) is 2.50. The number of urea groups is 1. The van der Waals surface area contributed by atoms with Crippen molar-refractivity contribution in [1.29, 1.82) is 0 Å². The number of carbonyl (C=O) groups is 2. The minimum atomic E-state index is -0.787. The zero-order chi connectivity index (χ0) is 14.3. The van der Waals surface area contributed by atoms with E-state index in [0.29, 0.717) is 13.0 Å². The Morgan fingerprint density at radius 2 is 1.89 bits per heavy atom. The number of hydrogen-bond donors (Lipinski definition) is 3. The van der Waals surface area contributed by atoms with E-state index in [2.05, 4.69) is 17.6 Å². The molecule has 0 spiro atoms. The number of nitrogens with one attached hydrogen (secondary N) is 2. The van der Waals surface area contributed by atoms with Crippen LogP contribution in [0.25, 0.3) is 0 Å². The number of carboxylic acids is 1. The minimum absolute atomic E-state index is 0.143. The Hall–Kier alpha value is -1.26. The summed E-state index contributed by atoms with van der Waals surface area (Å²) in [5.74, 6) is -0.602. The molecule has 1 aliphatic rings. The van der Waals surface area contributed by atoms with Gasteiger partial charge in [0.25, 0.3) is 0 Å². The standard InChI is InChI=1S/C14H26N2O3/c1-11(5-6-12(17)18)9-15-13(19)16-10-14(2)7-3-4-8-14/h11H,3-10H2,1-2H3,(H,17,18)(H2,15,16,19). The van der Waals surface area contributed by atoms with Crippen LogP contribution in [-0.4, -0.2) is 30.2 Å². The summed E-state index contributed by atoms with van der Waals surface area (Å²) in [6.45, 7) is 5.41. The van der Waals surface area contributed by atoms with E-state index >= 15 is 0 Å². The van der Waals surface area contributed by atoms with Gasteiger partial charge in [-0.2, -0.15) is 0 Å². The molecule has 0 radical (unpaired) electrons. The molecule has 0 saturated heterocycles. The molecular formula is C14H26N2O3. The van der Waals surface area contributed by atoms with Crippen LogP contribution in [0.3, 0.4) is 0 Å². The van der Waals surface area contributed by atoms with E-state index in [-0.39, 0.29) is 23.8 Å². The SMILES string of the molecule is CC(CCC(=O)O)CNC(=O)NCC1(C)CCCC1. The fourth-order valence-corrected chi connectivity index (χ4v) is 2.50. The Labute approximate surface area is 115 Å². The number of aliphatic carboxylic acids is 1. The third-order valence-electron chi connectivity index (χ3n) is 3.95. The first-order chi connectivity index (χ1) is 8.91. The molecule has 2 amide bonds. The Morgan fingerprint density at radius 3 is 2.47 bits per heavy atom. The van der Waals surface area contributed by atoms with Crippen LogP contribution in [0, 0.1) is 11.3 Å². The lowest BCUT2D eigenvalue weighted by molar-refractivity contribution is -0.137. The first-order valence-corrected chi connectivity index (χ1v) is 7.15. The van der Waals surface area contributed by atoms with Gasteiger partial charge in [-0.1, -0.05) is 26.7 Å². The van der Waals surface area contributed by atoms with Crippen molar-refractivity contribution in [2.24, 2.45) is 11.3 Å². The highest BCUT2D eigenvalue weighted by Crippen LogP contribution is 2.36. The topological polar surface area (TPSA) is 78.4 Å². The predicted octanol–water partition coefficient (Wildman–Crippen LogP) is 2.37. The van der Waals surface area contributed by atoms with Crippen LogP contribution in [0.15, 0.2) is 0 Å². The zero-order valence-electron chi connectivity index (χ0n) is 12.0. The maximum Gasteiger partial charge on any atom is 0.314 e. The second-order valence-electron chi connectivity index (χ2n) is 6.12. The molecule has 1 aliphatic carbocycles. The molecule has 3 N–H and O–H groups in total. The van der Waals surface area contributed by atoms with Gasteiger partial charge in [-0.05, 0) is 30.6 Å². The molecule has 0 bridgehead atoms. The van der Waals surface area contributed by atoms with Crippen molar-refractivity contribution in [3.8, 4) is 0 Å². The fraction of sp³-hybridized carbons (Fsp3) is 0.857. The van der Waals surface area contributed by atoms with E-state index in [1.807, 2.05) is 6.92 Å². The van der Waals surface area contributed by atoms with Crippen LogP contribution >= 0.6 is 0 Å². The highest BCUT2D eigenvalue weighted by molar-refractivity contribution is 5.73. The molecule has 0 heterocycles. The van der Waals surface area contributed by atoms with E-state index in [1.165, 1.54) is 25.7 Å². The van der Waals surface area contributed by atoms with Gasteiger partial charge < -0.3 is 15.7 Å². The lowest BCUT2D eigenvalue weighted by atomic mass is 9.89. The first kappa shape index (κ1) is 15.8. The van der Waals surface area contributed by atoms with E-state index in [1.54, 1.807) is 0 Å². The summed E-state index contributed by atoms with van der Waals surface area (Å²) < 4.78 is 0. The molecule has 19 heavy (non-hydrogen) atoms. The number of hydrogen-bond acceptors (Lipinski definition) is 2. The Bertz CT molecular complexity index is 312. The van der Waals surface area contributed by atoms with Crippen LogP contribution in [0.1, 0.15) is 52.4 Å². The van der Waals surface area contributed by atoms with Crippen LogP contribution in [0.4, 0.5) is 4.79 Å². The number of rotatable bonds is 7. The molecule has 1 fully saturated rings. The van der Waals surface area contributed by atoms with E-state index < -0.39 is 5.97 Å². The van der Waals surface area contributed by atoms with Crippen molar-refractivity contribution >= 4 is 12.0 Å². The van der Waals surface area contributed by atoms with Gasteiger partial charge >= 0.3 is 12.0 Å². The number of carbonyl (C=O) groups excluding carboxylic acids is 1. The number of carboxylic acid groups (broad SMARTS) is 1. The summed E-state index contributed by atoms with van der Waals surface area (Å²) in [6.07, 6.45) is 5.62. The third-order valence-corrected chi connectivity index (χ3v) is 3.95. The second-order valence-corrected chi connectivity index (χ2v) is 6.12. The molecule has 1 saturated carbocycles. The normalized spacial score (nSPS) is 18.8. The highest BCUT2D eigenvalue weighted by atomic mass is 16.4. The molecule has 0 aromatic heterocycles. The lowest BCUT2D eigenvalue weighted by Crippen LogP contribution is -2.42. The van der Waals surface area contributed by atoms with Crippen LogP contribution in [-0.2, 0) is 4.79 Å². The summed E-state index contributed by atoms with van der Waals surface area (Å²) in [4.78, 5) is 22.1. The molecule has 0 aliphatic heterocycles. The summed E-state index contributed by atoms with van der Waals surface area (Å²) in [5.41, 5.74) is 0.256. The molecule has 1 unspecified atom stereocenters. The molecule has 5 nitrogen and oxygen atoms in total. The monoisotopic (exact) mass is 270 g/mol. The van der Waals surface area contributed by atoms with Crippen LogP contribution in [0.2, 0.25) is 0 Å². The highest BCUT2D eigenvalue weighted by Gasteiger charge is 2.28. The van der Waals surface area contributed by atoms with Gasteiger partial charge in [0, 0.05) is 19.5 Å². The van der Waals surface area contributed by atoms with E-state index in [4.69, 9.17) is 5.11 Å². The van der Waals surface area contributed by atoms with Gasteiger partial charge in [0.2, 0.25) is 0 Å². The quantitative estimate of drug-likeness (QED) is 0.664. The van der Waals surface area contributed by atoms with Crippen molar-refractivity contribution in [2.75, 3.05) is 13.1 Å². The zero-order valence-corrected chi connectivity index (χ0v) is 12.0. The van der Waals surface area contributed by atoms with Crippen molar-refractivity contribution in [2.45, 2.75) is 52.4 Å². The second kappa shape index (κ2) is 7.36. The van der Waals surface area contributed by atoms with Gasteiger partial charge in [0.05, 0.1) is 0 Å². The summed E-state index contributed by atoms with van der Waals surface area (Å²) in [5, 5.41) is 14.3. The molecule has 0 aromatic carbocycles. The van der Waals surface area contributed by atoms with Gasteiger partial charge in [0.15, 0.2) is 0 Å². The maximum absolute atomic E-state index is 11.6. The van der Waals surface area contributed by atoms with Gasteiger partial charge in [-0.3, -0.25) is 4.79 Å². The van der Waals surface area contributed by atoms with Gasteiger partial charge in [-0.15, -0.1) is 0 Å². The van der Waals surface area contributed by atoms with Gasteiger partial charge in [0.1, 0.15) is 0 Å². The number of amides is 2. The minimum Gasteiger partial charge on any atom is -0.481 e. The van der Waals surface area contributed by atoms with Crippen molar-refractivity contribution in [3.05, 3.63) is 0 Å². The third kappa shape index (κ3) is 6.45. The summed E-state index contributed by atoms with van der Waals surface area (Å²) >= 11 is 0. The van der Waals surface area contributed by atoms with E-state index in [0.717, 1.165) is 6.54 Å². The summed E-state index contributed by atoms with van der Waals surface area (Å²) in [7, 11) is 0. The Morgan fingerprint density at radius 1 is 1.26 bits per heavy atom. The lowest BCUT2D eigenvalue weighted by Gasteiger charge is -2.24. The molecule has 110 valence electrons. The maximum atomic E-state index is 11.6. The molecule has 0 aromatic rings. The van der Waals surface area contributed by atoms with E-state index in [9.17, 15) is 9.59 Å². The van der Waals surface area contributed by atoms with Crippen LogP contribution < -0.4 is 10.6 Å². The Kier molecular flexibility index (Phi) is 6.12.